The molecule has 1 aliphatic heterocycles. The van der Waals surface area contributed by atoms with E-state index in [-0.39, 0.29) is 5.60 Å². The molecule has 0 aliphatic carbocycles. The van der Waals surface area contributed by atoms with E-state index < -0.39 is 0 Å². The van der Waals surface area contributed by atoms with Gasteiger partial charge in [-0.2, -0.15) is 5.10 Å². The second-order valence-electron chi connectivity index (χ2n) is 5.14. The summed E-state index contributed by atoms with van der Waals surface area (Å²) in [5.74, 6) is 0. The van der Waals surface area contributed by atoms with Crippen molar-refractivity contribution in [2.24, 2.45) is 7.05 Å². The first-order chi connectivity index (χ1) is 8.14. The fraction of sp³-hybridized carbons (Fsp3) is 0.769. The molecule has 0 radical (unpaired) electrons. The third kappa shape index (κ3) is 2.87. The lowest BCUT2D eigenvalue weighted by atomic mass is 9.86. The molecular weight excluding hydrogens is 214 g/mol. The van der Waals surface area contributed by atoms with Crippen molar-refractivity contribution in [3.05, 3.63) is 18.0 Å². The molecule has 4 nitrogen and oxygen atoms in total. The summed E-state index contributed by atoms with van der Waals surface area (Å²) in [6.07, 6.45) is 6.50. The van der Waals surface area contributed by atoms with Crippen molar-refractivity contribution in [1.29, 1.82) is 0 Å². The first-order valence-electron chi connectivity index (χ1n) is 6.44. The molecule has 2 rings (SSSR count). The molecule has 4 heteroatoms. The van der Waals surface area contributed by atoms with Gasteiger partial charge in [-0.05, 0) is 39.3 Å². The van der Waals surface area contributed by atoms with Gasteiger partial charge in [-0.25, -0.2) is 0 Å². The van der Waals surface area contributed by atoms with Gasteiger partial charge in [-0.3, -0.25) is 4.68 Å². The maximum atomic E-state index is 6.00. The quantitative estimate of drug-likeness (QED) is 0.863. The molecule has 1 aromatic rings. The summed E-state index contributed by atoms with van der Waals surface area (Å²) in [4.78, 5) is 0. The van der Waals surface area contributed by atoms with Crippen molar-refractivity contribution < 1.29 is 4.74 Å². The molecule has 1 fully saturated rings. The zero-order valence-electron chi connectivity index (χ0n) is 11.1. The highest BCUT2D eigenvalue weighted by Crippen LogP contribution is 2.29. The van der Waals surface area contributed by atoms with Gasteiger partial charge < -0.3 is 10.1 Å². The van der Waals surface area contributed by atoms with Crippen LogP contribution in [0.3, 0.4) is 0 Å². The zero-order chi connectivity index (χ0) is 12.3. The van der Waals surface area contributed by atoms with E-state index in [1.54, 1.807) is 0 Å². The van der Waals surface area contributed by atoms with Crippen molar-refractivity contribution in [2.75, 3.05) is 13.7 Å². The molecular formula is C13H23N3O. The summed E-state index contributed by atoms with van der Waals surface area (Å²) in [5, 5.41) is 7.84. The Hall–Kier alpha value is -0.870. The second kappa shape index (κ2) is 5.19. The van der Waals surface area contributed by atoms with E-state index in [9.17, 15) is 0 Å². The van der Waals surface area contributed by atoms with Crippen LogP contribution in [-0.2, 0) is 18.2 Å². The van der Waals surface area contributed by atoms with Gasteiger partial charge in [0.1, 0.15) is 0 Å². The van der Waals surface area contributed by atoms with E-state index in [2.05, 4.69) is 23.4 Å². The molecule has 1 aromatic heterocycles. The van der Waals surface area contributed by atoms with Gasteiger partial charge in [0.15, 0.2) is 0 Å². The Morgan fingerprint density at radius 2 is 2.41 bits per heavy atom. The Balaban J connectivity index is 2.05. The van der Waals surface area contributed by atoms with E-state index in [0.717, 1.165) is 25.1 Å². The van der Waals surface area contributed by atoms with Crippen LogP contribution >= 0.6 is 0 Å². The van der Waals surface area contributed by atoms with Crippen molar-refractivity contribution >= 4 is 0 Å². The van der Waals surface area contributed by atoms with Crippen LogP contribution < -0.4 is 5.32 Å². The van der Waals surface area contributed by atoms with Crippen LogP contribution in [0.15, 0.2) is 12.3 Å². The molecule has 96 valence electrons. The Labute approximate surface area is 103 Å². The van der Waals surface area contributed by atoms with Crippen LogP contribution in [0.1, 0.15) is 31.9 Å². The first-order valence-corrected chi connectivity index (χ1v) is 6.44. The Bertz CT molecular complexity index is 355. The summed E-state index contributed by atoms with van der Waals surface area (Å²) in [7, 11) is 3.97. The van der Waals surface area contributed by atoms with E-state index in [4.69, 9.17) is 4.74 Å². The summed E-state index contributed by atoms with van der Waals surface area (Å²) >= 11 is 0. The molecule has 0 saturated carbocycles. The van der Waals surface area contributed by atoms with E-state index >= 15 is 0 Å². The standard InChI is InChI=1S/C13H23N3O/c1-13(7-4-5-9-17-13)12(14-2)10-11-6-8-16(3)15-11/h6,8,12,14H,4-5,7,9-10H2,1-3H3. The monoisotopic (exact) mass is 237 g/mol. The molecule has 2 heterocycles. The third-order valence-corrected chi connectivity index (χ3v) is 3.77. The molecule has 0 amide bonds. The minimum atomic E-state index is -0.0511. The maximum absolute atomic E-state index is 6.00. The molecule has 2 unspecified atom stereocenters. The van der Waals surface area contributed by atoms with Gasteiger partial charge in [0.05, 0.1) is 11.3 Å². The van der Waals surface area contributed by atoms with Crippen LogP contribution in [0.2, 0.25) is 0 Å². The number of nitrogens with zero attached hydrogens (tertiary/aromatic N) is 2. The number of ether oxygens (including phenoxy) is 1. The van der Waals surface area contributed by atoms with Crippen molar-refractivity contribution in [1.82, 2.24) is 15.1 Å². The minimum absolute atomic E-state index is 0.0511. The number of hydrogen-bond acceptors (Lipinski definition) is 3. The molecule has 0 aromatic carbocycles. The predicted octanol–water partition coefficient (Wildman–Crippen LogP) is 1.51. The van der Waals surface area contributed by atoms with Crippen LogP contribution in [-0.4, -0.2) is 35.1 Å². The summed E-state index contributed by atoms with van der Waals surface area (Å²) in [6, 6.07) is 2.41. The topological polar surface area (TPSA) is 39.1 Å². The Morgan fingerprint density at radius 3 is 2.94 bits per heavy atom. The van der Waals surface area contributed by atoms with Crippen LogP contribution in [0, 0.1) is 0 Å². The SMILES string of the molecule is CNC(Cc1ccn(C)n1)C1(C)CCCCO1. The highest BCUT2D eigenvalue weighted by molar-refractivity contribution is 5.05. The number of likely N-dealkylation sites (N-methyl/N-ethyl adjacent to an activating group) is 1. The lowest BCUT2D eigenvalue weighted by molar-refractivity contribution is -0.0872. The zero-order valence-corrected chi connectivity index (χ0v) is 11.1. The second-order valence-corrected chi connectivity index (χ2v) is 5.14. The maximum Gasteiger partial charge on any atom is 0.0810 e. The number of rotatable bonds is 4. The molecule has 0 bridgehead atoms. The number of aryl methyl sites for hydroxylation is 1. The fourth-order valence-corrected chi connectivity index (χ4v) is 2.63. The summed E-state index contributed by atoms with van der Waals surface area (Å²) in [6.45, 7) is 3.10. The lowest BCUT2D eigenvalue weighted by Gasteiger charge is -2.40. The van der Waals surface area contributed by atoms with E-state index in [0.29, 0.717) is 6.04 Å². The van der Waals surface area contributed by atoms with Gasteiger partial charge in [0, 0.05) is 32.3 Å². The molecule has 0 spiro atoms. The fourth-order valence-electron chi connectivity index (χ4n) is 2.63. The number of nitrogens with one attached hydrogen (secondary N) is 1. The summed E-state index contributed by atoms with van der Waals surface area (Å²) in [5.41, 5.74) is 1.08. The minimum Gasteiger partial charge on any atom is -0.374 e. The van der Waals surface area contributed by atoms with Gasteiger partial charge in [0.2, 0.25) is 0 Å². The highest BCUT2D eigenvalue weighted by Gasteiger charge is 2.36. The lowest BCUT2D eigenvalue weighted by Crippen LogP contribution is -2.52. The van der Waals surface area contributed by atoms with Crippen molar-refractivity contribution in [3.8, 4) is 0 Å². The smallest absolute Gasteiger partial charge is 0.0810 e. The molecule has 1 aliphatic rings. The molecule has 17 heavy (non-hydrogen) atoms. The Kier molecular flexibility index (Phi) is 3.84. The first kappa shape index (κ1) is 12.6. The number of aromatic nitrogens is 2. The van der Waals surface area contributed by atoms with Gasteiger partial charge in [-0.15, -0.1) is 0 Å². The largest absolute Gasteiger partial charge is 0.374 e. The van der Waals surface area contributed by atoms with E-state index in [1.807, 2.05) is 25.0 Å². The average Bonchev–Trinajstić information content (AvgIpc) is 2.72. The predicted molar refractivity (Wildman–Crippen MR) is 68.0 cm³/mol. The normalized spacial score (nSPS) is 27.0. The van der Waals surface area contributed by atoms with Crippen LogP contribution in [0.25, 0.3) is 0 Å². The number of hydrogen-bond donors (Lipinski definition) is 1. The third-order valence-electron chi connectivity index (χ3n) is 3.77. The van der Waals surface area contributed by atoms with Gasteiger partial charge >= 0.3 is 0 Å². The van der Waals surface area contributed by atoms with E-state index in [1.165, 1.54) is 12.8 Å². The van der Waals surface area contributed by atoms with Crippen LogP contribution in [0.5, 0.6) is 0 Å². The molecule has 2 atom stereocenters. The summed E-state index contributed by atoms with van der Waals surface area (Å²) < 4.78 is 7.85. The molecule has 1 saturated heterocycles. The van der Waals surface area contributed by atoms with Gasteiger partial charge in [0.25, 0.3) is 0 Å². The van der Waals surface area contributed by atoms with Crippen molar-refractivity contribution in [2.45, 2.75) is 44.2 Å². The Morgan fingerprint density at radius 1 is 1.59 bits per heavy atom. The van der Waals surface area contributed by atoms with Crippen molar-refractivity contribution in [3.63, 3.8) is 0 Å². The average molecular weight is 237 g/mol. The van der Waals surface area contributed by atoms with Gasteiger partial charge in [-0.1, -0.05) is 0 Å². The highest BCUT2D eigenvalue weighted by atomic mass is 16.5. The van der Waals surface area contributed by atoms with Crippen LogP contribution in [0.4, 0.5) is 0 Å². The molecule has 1 N–H and O–H groups in total.